The maximum absolute atomic E-state index is 12.0. The van der Waals surface area contributed by atoms with Crippen LogP contribution in [0.25, 0.3) is 0 Å². The Kier molecular flexibility index (Phi) is 4.73. The minimum Gasteiger partial charge on any atom is -0.468 e. The molecular weight excluding hydrogens is 220 g/mol. The first kappa shape index (κ1) is 13.7. The third-order valence-electron chi connectivity index (χ3n) is 3.42. The average molecular weight is 240 g/mol. The van der Waals surface area contributed by atoms with Gasteiger partial charge in [0.1, 0.15) is 0 Å². The Morgan fingerprint density at radius 2 is 1.88 bits per heavy atom. The number of methoxy groups -OCH3 is 2. The number of rotatable bonds is 4. The number of allylic oxidation sites excluding steroid dienone is 2. The Balaban J connectivity index is 3.07. The van der Waals surface area contributed by atoms with Crippen LogP contribution in [-0.4, -0.2) is 26.2 Å². The van der Waals surface area contributed by atoms with Gasteiger partial charge in [0.05, 0.1) is 14.2 Å². The molecule has 1 atom stereocenters. The molecule has 0 aromatic carbocycles. The zero-order chi connectivity index (χ0) is 12.9. The third-order valence-corrected chi connectivity index (χ3v) is 3.42. The van der Waals surface area contributed by atoms with Gasteiger partial charge in [-0.2, -0.15) is 0 Å². The molecule has 0 spiro atoms. The molecule has 0 heterocycles. The van der Waals surface area contributed by atoms with E-state index in [1.54, 1.807) is 0 Å². The zero-order valence-corrected chi connectivity index (χ0v) is 10.7. The van der Waals surface area contributed by atoms with Crippen molar-refractivity contribution < 1.29 is 19.1 Å². The molecule has 0 radical (unpaired) electrons. The van der Waals surface area contributed by atoms with Crippen molar-refractivity contribution in [1.29, 1.82) is 0 Å². The smallest absolute Gasteiger partial charge is 0.323 e. The third kappa shape index (κ3) is 2.35. The number of hydrogen-bond acceptors (Lipinski definition) is 4. The summed E-state index contributed by atoms with van der Waals surface area (Å²) < 4.78 is 9.59. The van der Waals surface area contributed by atoms with E-state index < -0.39 is 17.4 Å². The molecular formula is C13H20O4. The number of esters is 2. The average Bonchev–Trinajstić information content (AvgIpc) is 2.78. The number of hydrogen-bond donors (Lipinski definition) is 0. The molecule has 1 saturated carbocycles. The quantitative estimate of drug-likeness (QED) is 0.429. The van der Waals surface area contributed by atoms with Gasteiger partial charge in [0.25, 0.3) is 0 Å². The highest BCUT2D eigenvalue weighted by Gasteiger charge is 2.56. The minimum atomic E-state index is -1.13. The molecule has 1 fully saturated rings. The van der Waals surface area contributed by atoms with Crippen LogP contribution in [-0.2, 0) is 19.1 Å². The molecule has 1 aliphatic rings. The summed E-state index contributed by atoms with van der Waals surface area (Å²) in [7, 11) is 2.62. The van der Waals surface area contributed by atoms with Gasteiger partial charge in [0.15, 0.2) is 5.41 Å². The Bertz CT molecular complexity index is 303. The van der Waals surface area contributed by atoms with E-state index >= 15 is 0 Å². The fraction of sp³-hybridized carbons (Fsp3) is 0.692. The van der Waals surface area contributed by atoms with E-state index in [-0.39, 0.29) is 5.92 Å². The van der Waals surface area contributed by atoms with Crippen LogP contribution in [0.4, 0.5) is 0 Å². The van der Waals surface area contributed by atoms with Crippen LogP contribution in [0.15, 0.2) is 12.2 Å². The van der Waals surface area contributed by atoms with Gasteiger partial charge in [-0.3, -0.25) is 9.59 Å². The van der Waals surface area contributed by atoms with E-state index in [4.69, 9.17) is 9.47 Å². The zero-order valence-electron chi connectivity index (χ0n) is 10.7. The number of carbonyl (C=O) groups excluding carboxylic acids is 2. The second kappa shape index (κ2) is 5.84. The summed E-state index contributed by atoms with van der Waals surface area (Å²) in [5, 5.41) is 0. The molecule has 4 heteroatoms. The van der Waals surface area contributed by atoms with Crippen molar-refractivity contribution in [1.82, 2.24) is 0 Å². The second-order valence-corrected chi connectivity index (χ2v) is 4.29. The normalized spacial score (nSPS) is 22.6. The van der Waals surface area contributed by atoms with Gasteiger partial charge in [0, 0.05) is 5.92 Å². The topological polar surface area (TPSA) is 52.6 Å². The molecule has 0 amide bonds. The van der Waals surface area contributed by atoms with Crippen LogP contribution >= 0.6 is 0 Å². The predicted molar refractivity (Wildman–Crippen MR) is 63.2 cm³/mol. The highest BCUT2D eigenvalue weighted by atomic mass is 16.5. The van der Waals surface area contributed by atoms with Crippen LogP contribution in [0.5, 0.6) is 0 Å². The van der Waals surface area contributed by atoms with Gasteiger partial charge in [-0.15, -0.1) is 0 Å². The highest BCUT2D eigenvalue weighted by Crippen LogP contribution is 2.46. The van der Waals surface area contributed by atoms with E-state index in [1.165, 1.54) is 14.2 Å². The number of carbonyl (C=O) groups is 2. The van der Waals surface area contributed by atoms with Gasteiger partial charge in [0.2, 0.25) is 0 Å². The monoisotopic (exact) mass is 240 g/mol. The molecule has 4 nitrogen and oxygen atoms in total. The maximum atomic E-state index is 12.0. The van der Waals surface area contributed by atoms with Crippen molar-refractivity contribution in [2.45, 2.75) is 32.6 Å². The van der Waals surface area contributed by atoms with Crippen molar-refractivity contribution in [2.75, 3.05) is 14.2 Å². The van der Waals surface area contributed by atoms with Gasteiger partial charge in [-0.1, -0.05) is 25.5 Å². The van der Waals surface area contributed by atoms with E-state index in [0.717, 1.165) is 19.3 Å². The molecule has 0 N–H and O–H groups in total. The maximum Gasteiger partial charge on any atom is 0.323 e. The number of ether oxygens (including phenoxy) is 2. The van der Waals surface area contributed by atoms with E-state index in [0.29, 0.717) is 6.42 Å². The first-order valence-corrected chi connectivity index (χ1v) is 5.97. The fourth-order valence-corrected chi connectivity index (χ4v) is 2.55. The van der Waals surface area contributed by atoms with Crippen LogP contribution in [0, 0.1) is 11.3 Å². The summed E-state index contributed by atoms with van der Waals surface area (Å²) in [4.78, 5) is 23.9. The van der Waals surface area contributed by atoms with Crippen molar-refractivity contribution >= 4 is 11.9 Å². The molecule has 96 valence electrons. The summed E-state index contributed by atoms with van der Waals surface area (Å²) in [6.45, 7) is 2.02. The van der Waals surface area contributed by atoms with Crippen LogP contribution < -0.4 is 0 Å². The summed E-state index contributed by atoms with van der Waals surface area (Å²) >= 11 is 0. The van der Waals surface area contributed by atoms with Gasteiger partial charge in [-0.25, -0.2) is 0 Å². The summed E-state index contributed by atoms with van der Waals surface area (Å²) in [5.74, 6) is -1.07. The lowest BCUT2D eigenvalue weighted by molar-refractivity contribution is -0.170. The van der Waals surface area contributed by atoms with Crippen molar-refractivity contribution in [3.63, 3.8) is 0 Å². The van der Waals surface area contributed by atoms with Crippen molar-refractivity contribution in [3.05, 3.63) is 12.2 Å². The molecule has 0 bridgehead atoms. The Morgan fingerprint density at radius 3 is 2.35 bits per heavy atom. The SMILES string of the molecule is CC/C=C/C1CCCC1(C(=O)OC)C(=O)OC. The second-order valence-electron chi connectivity index (χ2n) is 4.29. The first-order chi connectivity index (χ1) is 8.13. The predicted octanol–water partition coefficient (Wildman–Crippen LogP) is 2.09. The highest BCUT2D eigenvalue weighted by molar-refractivity contribution is 6.01. The van der Waals surface area contributed by atoms with Crippen LogP contribution in [0.2, 0.25) is 0 Å². The van der Waals surface area contributed by atoms with E-state index in [9.17, 15) is 9.59 Å². The van der Waals surface area contributed by atoms with Crippen molar-refractivity contribution in [3.8, 4) is 0 Å². The lowest BCUT2D eigenvalue weighted by atomic mass is 9.77. The molecule has 17 heavy (non-hydrogen) atoms. The molecule has 1 rings (SSSR count). The minimum absolute atomic E-state index is 0.109. The standard InChI is InChI=1S/C13H20O4/c1-4-5-7-10-8-6-9-13(10,11(14)16-2)12(15)17-3/h5,7,10H,4,6,8-9H2,1-3H3/b7-5+. The molecule has 0 aromatic heterocycles. The van der Waals surface area contributed by atoms with Gasteiger partial charge in [-0.05, 0) is 19.3 Å². The largest absolute Gasteiger partial charge is 0.468 e. The fourth-order valence-electron chi connectivity index (χ4n) is 2.55. The van der Waals surface area contributed by atoms with E-state index in [1.807, 2.05) is 19.1 Å². The molecule has 0 aliphatic heterocycles. The van der Waals surface area contributed by atoms with Crippen molar-refractivity contribution in [2.24, 2.45) is 11.3 Å². The Labute approximate surface area is 102 Å². The van der Waals surface area contributed by atoms with Gasteiger partial charge < -0.3 is 9.47 Å². The van der Waals surface area contributed by atoms with Crippen LogP contribution in [0.3, 0.4) is 0 Å². The summed E-state index contributed by atoms with van der Waals surface area (Å²) in [5.41, 5.74) is -1.13. The molecule has 1 aliphatic carbocycles. The first-order valence-electron chi connectivity index (χ1n) is 5.97. The molecule has 0 saturated heterocycles. The van der Waals surface area contributed by atoms with E-state index in [2.05, 4.69) is 0 Å². The lowest BCUT2D eigenvalue weighted by Gasteiger charge is -2.28. The lowest BCUT2D eigenvalue weighted by Crippen LogP contribution is -2.43. The summed E-state index contributed by atoms with van der Waals surface area (Å²) in [6.07, 6.45) is 6.97. The van der Waals surface area contributed by atoms with Gasteiger partial charge >= 0.3 is 11.9 Å². The van der Waals surface area contributed by atoms with Crippen LogP contribution in [0.1, 0.15) is 32.6 Å². The Hall–Kier alpha value is -1.32. The Morgan fingerprint density at radius 1 is 1.29 bits per heavy atom. The molecule has 0 aromatic rings. The molecule has 1 unspecified atom stereocenters. The summed E-state index contributed by atoms with van der Waals surface area (Å²) in [6, 6.07) is 0.